The second kappa shape index (κ2) is 8.50. The molecular weight excluding hydrogens is 425 g/mol. The minimum absolute atomic E-state index is 0.144. The zero-order chi connectivity index (χ0) is 23.2. The van der Waals surface area contributed by atoms with Gasteiger partial charge in [-0.1, -0.05) is 30.3 Å². The second-order valence-corrected chi connectivity index (χ2v) is 10.6. The quantitative estimate of drug-likeness (QED) is 0.497. The summed E-state index contributed by atoms with van der Waals surface area (Å²) in [5.74, 6) is 2.83. The van der Waals surface area contributed by atoms with Gasteiger partial charge in [-0.15, -0.1) is 0 Å². The van der Waals surface area contributed by atoms with Crippen molar-refractivity contribution in [3.63, 3.8) is 0 Å². The summed E-state index contributed by atoms with van der Waals surface area (Å²) in [7, 11) is 0. The predicted molar refractivity (Wildman–Crippen MR) is 123 cm³/mol. The highest BCUT2D eigenvalue weighted by atomic mass is 19.4. The molecule has 4 saturated carbocycles. The number of benzene rings is 2. The molecule has 0 radical (unpaired) electrons. The molecule has 33 heavy (non-hydrogen) atoms. The Kier molecular flexibility index (Phi) is 5.80. The number of aromatic hydroxyl groups is 1. The Bertz CT molecular complexity index is 1020. The van der Waals surface area contributed by atoms with Crippen LogP contribution in [0.4, 0.5) is 13.2 Å². The Morgan fingerprint density at radius 3 is 2.21 bits per heavy atom. The maximum Gasteiger partial charge on any atom is 0.416 e. The molecular formula is C28H31F3O2. The van der Waals surface area contributed by atoms with E-state index in [0.29, 0.717) is 29.7 Å². The fourth-order valence-electron chi connectivity index (χ4n) is 7.20. The Morgan fingerprint density at radius 2 is 1.64 bits per heavy atom. The molecule has 4 aliphatic carbocycles. The molecule has 4 aliphatic rings. The summed E-state index contributed by atoms with van der Waals surface area (Å²) in [6.45, 7) is -0.322. The van der Waals surface area contributed by atoms with Crippen LogP contribution < -0.4 is 0 Å². The standard InChI is InChI=1S/C28H31F3O2/c29-28(30,31)24-6-2-4-22(13-24)23(17-32)5-1-3-18-7-8-25(26(33)12-18)27-14-19-9-20(15-27)11-21(10-19)16-27/h2,4-8,12-13,19-21,32-33H,1,3,9-11,14-17H2. The number of phenols is 1. The number of alkyl halides is 3. The number of hydrogen-bond acceptors (Lipinski definition) is 2. The number of halogens is 3. The third-order valence-electron chi connectivity index (χ3n) is 8.23. The van der Waals surface area contributed by atoms with E-state index in [4.69, 9.17) is 0 Å². The van der Waals surface area contributed by atoms with Gasteiger partial charge in [0.05, 0.1) is 12.2 Å². The molecule has 0 unspecified atom stereocenters. The second-order valence-electron chi connectivity index (χ2n) is 10.6. The number of aliphatic hydroxyl groups is 1. The number of aryl methyl sites for hydroxylation is 1. The molecule has 0 spiro atoms. The minimum Gasteiger partial charge on any atom is -0.508 e. The number of allylic oxidation sites excluding steroid dienone is 1. The molecule has 6 rings (SSSR count). The molecule has 4 bridgehead atoms. The molecule has 0 atom stereocenters. The minimum atomic E-state index is -4.41. The van der Waals surface area contributed by atoms with Gasteiger partial charge >= 0.3 is 6.18 Å². The highest BCUT2D eigenvalue weighted by molar-refractivity contribution is 5.66. The summed E-state index contributed by atoms with van der Waals surface area (Å²) in [6, 6.07) is 11.1. The zero-order valence-corrected chi connectivity index (χ0v) is 18.7. The molecule has 2 N–H and O–H groups in total. The van der Waals surface area contributed by atoms with Crippen LogP contribution in [0.2, 0.25) is 0 Å². The van der Waals surface area contributed by atoms with E-state index in [9.17, 15) is 23.4 Å². The first-order valence-corrected chi connectivity index (χ1v) is 12.1. The lowest BCUT2D eigenvalue weighted by atomic mass is 9.48. The number of aliphatic hydroxyl groups excluding tert-OH is 1. The fourth-order valence-corrected chi connectivity index (χ4v) is 7.20. The van der Waals surface area contributed by atoms with Gasteiger partial charge in [-0.25, -0.2) is 0 Å². The lowest BCUT2D eigenvalue weighted by Crippen LogP contribution is -2.48. The van der Waals surface area contributed by atoms with Crippen molar-refractivity contribution in [2.45, 2.75) is 63.0 Å². The first-order chi connectivity index (χ1) is 15.8. The van der Waals surface area contributed by atoms with Gasteiger partial charge in [0.2, 0.25) is 0 Å². The third kappa shape index (κ3) is 4.44. The van der Waals surface area contributed by atoms with E-state index in [-0.39, 0.29) is 12.0 Å². The molecule has 5 heteroatoms. The van der Waals surface area contributed by atoms with E-state index in [0.717, 1.165) is 41.0 Å². The summed E-state index contributed by atoms with van der Waals surface area (Å²) in [5, 5.41) is 20.6. The summed E-state index contributed by atoms with van der Waals surface area (Å²) in [4.78, 5) is 0. The topological polar surface area (TPSA) is 40.5 Å². The average molecular weight is 457 g/mol. The first-order valence-electron chi connectivity index (χ1n) is 12.1. The summed E-state index contributed by atoms with van der Waals surface area (Å²) in [5.41, 5.74) is 2.40. The van der Waals surface area contributed by atoms with E-state index in [2.05, 4.69) is 12.1 Å². The lowest BCUT2D eigenvalue weighted by Gasteiger charge is -2.57. The maximum atomic E-state index is 13.0. The van der Waals surface area contributed by atoms with Gasteiger partial charge in [0.25, 0.3) is 0 Å². The van der Waals surface area contributed by atoms with Crippen molar-refractivity contribution in [1.29, 1.82) is 0 Å². The molecule has 2 aromatic rings. The summed E-state index contributed by atoms with van der Waals surface area (Å²) < 4.78 is 39.0. The van der Waals surface area contributed by atoms with Crippen LogP contribution in [0.25, 0.3) is 5.57 Å². The van der Waals surface area contributed by atoms with E-state index in [1.165, 1.54) is 44.6 Å². The van der Waals surface area contributed by atoms with E-state index < -0.39 is 11.7 Å². The number of rotatable bonds is 6. The Hall–Kier alpha value is -2.27. The molecule has 0 aliphatic heterocycles. The molecule has 0 amide bonds. The van der Waals surface area contributed by atoms with Crippen molar-refractivity contribution in [3.8, 4) is 5.75 Å². The highest BCUT2D eigenvalue weighted by Crippen LogP contribution is 2.61. The van der Waals surface area contributed by atoms with Crippen molar-refractivity contribution in [3.05, 3.63) is 70.8 Å². The van der Waals surface area contributed by atoms with Crippen molar-refractivity contribution in [2.75, 3.05) is 6.61 Å². The van der Waals surface area contributed by atoms with Gasteiger partial charge in [0.1, 0.15) is 5.75 Å². The van der Waals surface area contributed by atoms with Crippen molar-refractivity contribution >= 4 is 5.57 Å². The van der Waals surface area contributed by atoms with Crippen LogP contribution in [0.1, 0.15) is 67.2 Å². The number of phenolic OH excluding ortho intramolecular Hbond substituents is 1. The van der Waals surface area contributed by atoms with Crippen LogP contribution in [-0.4, -0.2) is 16.8 Å². The Morgan fingerprint density at radius 1 is 0.970 bits per heavy atom. The van der Waals surface area contributed by atoms with Gasteiger partial charge in [-0.3, -0.25) is 0 Å². The normalized spacial score (nSPS) is 29.0. The monoisotopic (exact) mass is 456 g/mol. The predicted octanol–water partition coefficient (Wildman–Crippen LogP) is 6.89. The van der Waals surface area contributed by atoms with Crippen LogP contribution in [0.15, 0.2) is 48.5 Å². The summed E-state index contributed by atoms with van der Waals surface area (Å²) >= 11 is 0. The zero-order valence-electron chi connectivity index (χ0n) is 18.7. The van der Waals surface area contributed by atoms with E-state index >= 15 is 0 Å². The smallest absolute Gasteiger partial charge is 0.416 e. The van der Waals surface area contributed by atoms with Crippen LogP contribution in [0, 0.1) is 17.8 Å². The van der Waals surface area contributed by atoms with Gasteiger partial charge in [-0.2, -0.15) is 13.2 Å². The van der Waals surface area contributed by atoms with E-state index in [1.54, 1.807) is 12.1 Å². The molecule has 176 valence electrons. The van der Waals surface area contributed by atoms with Crippen LogP contribution in [0.3, 0.4) is 0 Å². The van der Waals surface area contributed by atoms with Crippen LogP contribution in [-0.2, 0) is 18.0 Å². The third-order valence-corrected chi connectivity index (χ3v) is 8.23. The van der Waals surface area contributed by atoms with Crippen molar-refractivity contribution in [2.24, 2.45) is 17.8 Å². The SMILES string of the molecule is OCC(=CCCc1ccc(C23CC4CC(CC(C4)C2)C3)c(O)c1)c1cccc(C(F)(F)F)c1. The van der Waals surface area contributed by atoms with Gasteiger partial charge < -0.3 is 10.2 Å². The highest BCUT2D eigenvalue weighted by Gasteiger charge is 2.52. The molecule has 4 fully saturated rings. The molecule has 2 aromatic carbocycles. The molecule has 0 heterocycles. The molecule has 0 aromatic heterocycles. The van der Waals surface area contributed by atoms with Crippen molar-refractivity contribution in [1.82, 2.24) is 0 Å². The summed E-state index contributed by atoms with van der Waals surface area (Å²) in [6.07, 6.45) is 6.30. The average Bonchev–Trinajstić information content (AvgIpc) is 2.75. The largest absolute Gasteiger partial charge is 0.508 e. The van der Waals surface area contributed by atoms with Gasteiger partial charge in [0.15, 0.2) is 0 Å². The number of hydrogen-bond donors (Lipinski definition) is 2. The van der Waals surface area contributed by atoms with Crippen LogP contribution in [0.5, 0.6) is 5.75 Å². The first kappa shape index (κ1) is 22.5. The fraction of sp³-hybridized carbons (Fsp3) is 0.500. The Labute approximate surface area is 193 Å². The maximum absolute atomic E-state index is 13.0. The molecule has 2 nitrogen and oxygen atoms in total. The Balaban J connectivity index is 1.29. The van der Waals surface area contributed by atoms with E-state index in [1.807, 2.05) is 6.07 Å². The van der Waals surface area contributed by atoms with Crippen LogP contribution >= 0.6 is 0 Å². The lowest BCUT2D eigenvalue weighted by molar-refractivity contribution is -0.137. The van der Waals surface area contributed by atoms with Gasteiger partial charge in [-0.05, 0) is 109 Å². The van der Waals surface area contributed by atoms with Gasteiger partial charge in [0, 0.05) is 5.56 Å². The van der Waals surface area contributed by atoms with Crippen molar-refractivity contribution < 1.29 is 23.4 Å². The molecule has 0 saturated heterocycles.